The highest BCUT2D eigenvalue weighted by molar-refractivity contribution is 7.27. The Labute approximate surface area is 351 Å². The Morgan fingerprint density at radius 3 is 1.79 bits per heavy atom. The molecular weight excluding hydrogens is 773 g/mol. The number of benzene rings is 1. The van der Waals surface area contributed by atoms with Crippen LogP contribution in [0, 0.1) is 11.8 Å². The number of thiophene rings is 2. The van der Waals surface area contributed by atoms with Gasteiger partial charge in [-0.25, -0.2) is 9.97 Å². The molecule has 13 nitrogen and oxygen atoms in total. The first-order valence-corrected chi connectivity index (χ1v) is 21.4. The zero-order valence-corrected chi connectivity index (χ0v) is 36.6. The normalized spacial score (nSPS) is 12.3. The van der Waals surface area contributed by atoms with Crippen LogP contribution in [0.15, 0.2) is 60.1 Å². The standard InChI is InChI=1S/C20H12N4S2.C8H14N2O2.C7H14N2O.2C3H8.C2H4O2/c1-3-14(18-8-22-12-24-18)4-2-13(1)17-10-26-19-15(9-25-20(17)19)5-6-16-7-21-11-23-16;1-7(11)9-6-8(12)10-4-2-3-5-10;1-8-6-7(10)9-4-2-3-5-9;2*1-3-2;1-4-2-3/h1-4,7-12H,(H,21,23)(H,22,24);2-6H2,1H3,(H,9,11);8H,2-6H2,1H3;2*3H2,1-2H3;2H,1H3. The number of fused-ring (bicyclic) bond motifs is 1. The second-order valence-corrected chi connectivity index (χ2v) is 14.8. The fourth-order valence-electron chi connectivity index (χ4n) is 5.32. The van der Waals surface area contributed by atoms with Gasteiger partial charge in [-0.05, 0) is 49.8 Å². The lowest BCUT2D eigenvalue weighted by Gasteiger charge is -2.14. The van der Waals surface area contributed by atoms with Crippen molar-refractivity contribution in [3.63, 3.8) is 0 Å². The number of carbonyl (C=O) groups is 4. The number of likely N-dealkylation sites (N-methyl/N-ethyl adjacent to an activating group) is 1. The predicted molar refractivity (Wildman–Crippen MR) is 237 cm³/mol. The quantitative estimate of drug-likeness (QED) is 0.0978. The summed E-state index contributed by atoms with van der Waals surface area (Å²) >= 11 is 3.49. The Bertz CT molecular complexity index is 1930. The molecule has 0 bridgehead atoms. The van der Waals surface area contributed by atoms with Gasteiger partial charge in [-0.1, -0.05) is 70.7 Å². The van der Waals surface area contributed by atoms with Gasteiger partial charge in [0.25, 0.3) is 6.47 Å². The number of nitrogens with one attached hydrogen (secondary N) is 4. The lowest BCUT2D eigenvalue weighted by Crippen LogP contribution is -2.37. The second kappa shape index (κ2) is 29.0. The Hall–Kier alpha value is -5.30. The maximum atomic E-state index is 11.3. The van der Waals surface area contributed by atoms with Gasteiger partial charge in [-0.15, -0.1) is 22.7 Å². The van der Waals surface area contributed by atoms with Crippen LogP contribution in [0.25, 0.3) is 31.8 Å². The van der Waals surface area contributed by atoms with E-state index in [1.807, 2.05) is 11.1 Å². The Kier molecular flexibility index (Phi) is 24.4. The molecule has 0 radical (unpaired) electrons. The molecule has 7 rings (SSSR count). The predicted octanol–water partition coefficient (Wildman–Crippen LogP) is 7.34. The largest absolute Gasteiger partial charge is 0.471 e. The van der Waals surface area contributed by atoms with Gasteiger partial charge in [0, 0.05) is 49.4 Å². The number of nitrogens with zero attached hydrogens (tertiary/aromatic N) is 4. The van der Waals surface area contributed by atoms with Gasteiger partial charge >= 0.3 is 0 Å². The van der Waals surface area contributed by atoms with Gasteiger partial charge in [-0.2, -0.15) is 0 Å². The third kappa shape index (κ3) is 17.5. The van der Waals surface area contributed by atoms with E-state index in [-0.39, 0.29) is 24.3 Å². The van der Waals surface area contributed by atoms with Gasteiger partial charge < -0.3 is 35.1 Å². The van der Waals surface area contributed by atoms with E-state index >= 15 is 0 Å². The molecule has 2 aliphatic rings. The van der Waals surface area contributed by atoms with E-state index in [0.717, 1.165) is 61.5 Å². The highest BCUT2D eigenvalue weighted by Crippen LogP contribution is 2.40. The van der Waals surface area contributed by atoms with Crippen LogP contribution < -0.4 is 10.6 Å². The molecule has 15 heteroatoms. The average molecular weight is 833 g/mol. The molecule has 4 aromatic heterocycles. The van der Waals surface area contributed by atoms with Crippen molar-refractivity contribution in [2.45, 2.75) is 73.1 Å². The number of carbonyl (C=O) groups excluding carboxylic acids is 4. The number of imidazole rings is 2. The number of aromatic amines is 2. The molecule has 0 aliphatic carbocycles. The van der Waals surface area contributed by atoms with Crippen molar-refractivity contribution in [2.24, 2.45) is 0 Å². The summed E-state index contributed by atoms with van der Waals surface area (Å²) in [6, 6.07) is 8.57. The van der Waals surface area contributed by atoms with Crippen LogP contribution in [0.4, 0.5) is 0 Å². The molecule has 314 valence electrons. The molecule has 0 unspecified atom stereocenters. The third-order valence-corrected chi connectivity index (χ3v) is 10.1. The molecule has 0 saturated carbocycles. The van der Waals surface area contributed by atoms with Crippen LogP contribution in [0.3, 0.4) is 0 Å². The van der Waals surface area contributed by atoms with Crippen LogP contribution in [0.5, 0.6) is 0 Å². The summed E-state index contributed by atoms with van der Waals surface area (Å²) in [6.07, 6.45) is 13.9. The fraction of sp³-hybridized carbons (Fsp3) is 0.442. The first-order valence-electron chi connectivity index (χ1n) is 19.7. The van der Waals surface area contributed by atoms with Crippen molar-refractivity contribution >= 4 is 56.3 Å². The van der Waals surface area contributed by atoms with Crippen molar-refractivity contribution < 1.29 is 23.9 Å². The summed E-state index contributed by atoms with van der Waals surface area (Å²) in [5, 5.41) is 9.69. The summed E-state index contributed by atoms with van der Waals surface area (Å²) in [5.41, 5.74) is 6.55. The van der Waals surface area contributed by atoms with E-state index in [9.17, 15) is 14.4 Å². The van der Waals surface area contributed by atoms with E-state index < -0.39 is 0 Å². The monoisotopic (exact) mass is 832 g/mol. The summed E-state index contributed by atoms with van der Waals surface area (Å²) in [4.78, 5) is 59.7. The first kappa shape index (κ1) is 48.8. The fourth-order valence-corrected chi connectivity index (χ4v) is 7.63. The zero-order chi connectivity index (χ0) is 42.5. The maximum Gasteiger partial charge on any atom is 0.292 e. The molecule has 6 heterocycles. The number of hydrogen-bond donors (Lipinski definition) is 4. The summed E-state index contributed by atoms with van der Waals surface area (Å²) in [6.45, 7) is 14.5. The van der Waals surface area contributed by atoms with Crippen molar-refractivity contribution in [3.8, 4) is 34.2 Å². The topological polar surface area (TPSA) is 165 Å². The van der Waals surface area contributed by atoms with Crippen LogP contribution in [-0.4, -0.2) is 107 Å². The van der Waals surface area contributed by atoms with E-state index in [1.165, 1.54) is 60.2 Å². The summed E-state index contributed by atoms with van der Waals surface area (Å²) in [7, 11) is 3.11. The Balaban J connectivity index is 0.000000302. The van der Waals surface area contributed by atoms with Gasteiger partial charge in [0.15, 0.2) is 0 Å². The molecule has 5 aromatic rings. The van der Waals surface area contributed by atoms with Gasteiger partial charge in [-0.3, -0.25) is 19.2 Å². The maximum absolute atomic E-state index is 11.3. The van der Waals surface area contributed by atoms with Gasteiger partial charge in [0.05, 0.1) is 65.9 Å². The number of H-pyrrole nitrogens is 2. The highest BCUT2D eigenvalue weighted by Gasteiger charge is 2.18. The van der Waals surface area contributed by atoms with Crippen molar-refractivity contribution in [3.05, 3.63) is 71.3 Å². The number of methoxy groups -OCH3 is 1. The van der Waals surface area contributed by atoms with E-state index in [1.54, 1.807) is 53.5 Å². The molecule has 0 spiro atoms. The minimum absolute atomic E-state index is 0.0303. The van der Waals surface area contributed by atoms with Crippen LogP contribution in [-0.2, 0) is 23.9 Å². The third-order valence-electron chi connectivity index (χ3n) is 7.95. The zero-order valence-electron chi connectivity index (χ0n) is 35.0. The van der Waals surface area contributed by atoms with Gasteiger partial charge in [0.2, 0.25) is 17.7 Å². The van der Waals surface area contributed by atoms with Crippen LogP contribution in [0.1, 0.15) is 84.4 Å². The minimum atomic E-state index is -0.150. The van der Waals surface area contributed by atoms with Crippen molar-refractivity contribution in [1.82, 2.24) is 40.4 Å². The first-order chi connectivity index (χ1) is 28.2. The molecular formula is C43H60N8O5S2. The molecule has 4 N–H and O–H groups in total. The van der Waals surface area contributed by atoms with Gasteiger partial charge in [0.1, 0.15) is 5.69 Å². The molecule has 1 aromatic carbocycles. The molecule has 0 atom stereocenters. The molecule has 2 aliphatic heterocycles. The van der Waals surface area contributed by atoms with Crippen molar-refractivity contribution in [2.75, 3.05) is 53.4 Å². The SMILES string of the molecule is C(#Cc1csc2c(-c3ccc(-c4cnc[nH]4)cc3)csc12)c1cnc[nH]1.CC(=O)NCC(=O)N1CCCC1.CCC.CCC.CNCC(=O)N1CCCC1.COC=O. The number of ether oxygens (including phenoxy) is 1. The summed E-state index contributed by atoms with van der Waals surface area (Å²) in [5.74, 6) is 6.49. The minimum Gasteiger partial charge on any atom is -0.471 e. The average Bonchev–Trinajstić information content (AvgIpc) is 4.09. The van der Waals surface area contributed by atoms with E-state index in [2.05, 4.69) is 110 Å². The van der Waals surface area contributed by atoms with Crippen LogP contribution in [0.2, 0.25) is 0 Å². The summed E-state index contributed by atoms with van der Waals surface area (Å²) < 4.78 is 6.40. The lowest BCUT2D eigenvalue weighted by atomic mass is 10.1. The number of likely N-dealkylation sites (tertiary alicyclic amines) is 2. The second-order valence-electron chi connectivity index (χ2n) is 13.1. The Morgan fingerprint density at radius 1 is 0.793 bits per heavy atom. The number of rotatable bonds is 7. The molecule has 58 heavy (non-hydrogen) atoms. The Morgan fingerprint density at radius 2 is 1.31 bits per heavy atom. The number of hydrogen-bond acceptors (Lipinski definition) is 10. The van der Waals surface area contributed by atoms with Crippen LogP contribution >= 0.6 is 22.7 Å². The van der Waals surface area contributed by atoms with E-state index in [4.69, 9.17) is 4.79 Å². The lowest BCUT2D eigenvalue weighted by molar-refractivity contribution is -0.131. The molecule has 2 saturated heterocycles. The number of amides is 3. The smallest absolute Gasteiger partial charge is 0.292 e. The molecule has 3 amide bonds. The van der Waals surface area contributed by atoms with Crippen molar-refractivity contribution in [1.29, 1.82) is 0 Å². The highest BCUT2D eigenvalue weighted by atomic mass is 32.1. The van der Waals surface area contributed by atoms with E-state index in [0.29, 0.717) is 13.0 Å². The number of aromatic nitrogens is 4. The molecule has 2 fully saturated rings.